The Hall–Kier alpha value is -1.33. The standard InChI is InChI=1S/C8H10F2O8S/c9-8(10,19(13,14)15)7(12)18-4-6(11)17-3-5-1-2-16-5/h5H,1-4H2,(H,13,14,15). The molecule has 19 heavy (non-hydrogen) atoms. The largest absolute Gasteiger partial charge is 0.465 e. The molecule has 1 unspecified atom stereocenters. The number of esters is 2. The van der Waals surface area contributed by atoms with Gasteiger partial charge in [0.15, 0.2) is 6.61 Å². The van der Waals surface area contributed by atoms with Crippen molar-refractivity contribution in [3.63, 3.8) is 0 Å². The van der Waals surface area contributed by atoms with Gasteiger partial charge >= 0.3 is 27.3 Å². The van der Waals surface area contributed by atoms with E-state index in [0.717, 1.165) is 0 Å². The summed E-state index contributed by atoms with van der Waals surface area (Å²) in [4.78, 5) is 21.6. The van der Waals surface area contributed by atoms with E-state index < -0.39 is 33.9 Å². The van der Waals surface area contributed by atoms with E-state index in [1.807, 2.05) is 0 Å². The number of alkyl halides is 2. The third kappa shape index (κ3) is 4.08. The second kappa shape index (κ2) is 5.75. The van der Waals surface area contributed by atoms with Gasteiger partial charge in [0, 0.05) is 13.0 Å². The summed E-state index contributed by atoms with van der Waals surface area (Å²) in [5.74, 6) is -3.71. The summed E-state index contributed by atoms with van der Waals surface area (Å²) < 4.78 is 66.9. The number of rotatable bonds is 6. The van der Waals surface area contributed by atoms with Crippen molar-refractivity contribution in [2.45, 2.75) is 17.8 Å². The number of carbonyl (C=O) groups is 2. The summed E-state index contributed by atoms with van der Waals surface area (Å²) in [6, 6.07) is 0. The van der Waals surface area contributed by atoms with E-state index in [0.29, 0.717) is 13.0 Å². The average molecular weight is 304 g/mol. The molecule has 1 fully saturated rings. The molecular formula is C8H10F2O8S. The fourth-order valence-corrected chi connectivity index (χ4v) is 1.23. The van der Waals surface area contributed by atoms with Crippen LogP contribution in [0.1, 0.15) is 6.42 Å². The van der Waals surface area contributed by atoms with Crippen molar-refractivity contribution >= 4 is 22.1 Å². The maximum Gasteiger partial charge on any atom is 0.465 e. The van der Waals surface area contributed by atoms with Gasteiger partial charge in [-0.25, -0.2) is 9.59 Å². The van der Waals surface area contributed by atoms with Crippen LogP contribution in [0.3, 0.4) is 0 Å². The molecule has 1 aliphatic heterocycles. The van der Waals surface area contributed by atoms with Gasteiger partial charge in [-0.3, -0.25) is 4.55 Å². The van der Waals surface area contributed by atoms with E-state index >= 15 is 0 Å². The van der Waals surface area contributed by atoms with Crippen molar-refractivity contribution < 1.29 is 45.6 Å². The molecule has 1 N–H and O–H groups in total. The van der Waals surface area contributed by atoms with Crippen molar-refractivity contribution in [3.8, 4) is 0 Å². The molecule has 1 rings (SSSR count). The molecule has 1 atom stereocenters. The maximum atomic E-state index is 12.7. The highest BCUT2D eigenvalue weighted by molar-refractivity contribution is 7.87. The molecule has 1 aliphatic rings. The Morgan fingerprint density at radius 1 is 1.37 bits per heavy atom. The molecule has 0 aromatic rings. The van der Waals surface area contributed by atoms with Crippen molar-refractivity contribution in [2.75, 3.05) is 19.8 Å². The van der Waals surface area contributed by atoms with Crippen LogP contribution in [0.5, 0.6) is 0 Å². The highest BCUT2D eigenvalue weighted by atomic mass is 32.2. The van der Waals surface area contributed by atoms with Crippen molar-refractivity contribution in [2.24, 2.45) is 0 Å². The minimum atomic E-state index is -5.95. The number of hydrogen-bond acceptors (Lipinski definition) is 7. The molecule has 1 saturated heterocycles. The van der Waals surface area contributed by atoms with Crippen LogP contribution in [0.15, 0.2) is 0 Å². The Labute approximate surface area is 106 Å². The predicted octanol–water partition coefficient (Wildman–Crippen LogP) is -0.658. The summed E-state index contributed by atoms with van der Waals surface area (Å²) in [6.45, 7) is -0.792. The second-order valence-corrected chi connectivity index (χ2v) is 5.00. The van der Waals surface area contributed by atoms with Crippen LogP contribution in [-0.2, 0) is 33.9 Å². The second-order valence-electron chi connectivity index (χ2n) is 3.53. The normalized spacial score (nSPS) is 19.4. The lowest BCUT2D eigenvalue weighted by atomic mass is 10.2. The zero-order valence-electron chi connectivity index (χ0n) is 9.37. The Kier molecular flexibility index (Phi) is 4.76. The van der Waals surface area contributed by atoms with Crippen LogP contribution >= 0.6 is 0 Å². The molecule has 0 bridgehead atoms. The first-order valence-corrected chi connectivity index (χ1v) is 6.38. The molecule has 110 valence electrons. The van der Waals surface area contributed by atoms with Gasteiger partial charge in [0.2, 0.25) is 0 Å². The third-order valence-electron chi connectivity index (χ3n) is 2.11. The quantitative estimate of drug-likeness (QED) is 0.508. The lowest BCUT2D eigenvalue weighted by molar-refractivity contribution is -0.173. The number of halogens is 2. The first-order chi connectivity index (χ1) is 8.64. The molecule has 8 nitrogen and oxygen atoms in total. The van der Waals surface area contributed by atoms with Gasteiger partial charge in [-0.1, -0.05) is 0 Å². The highest BCUT2D eigenvalue weighted by Crippen LogP contribution is 2.22. The molecule has 1 heterocycles. The van der Waals surface area contributed by atoms with Gasteiger partial charge in [0.05, 0.1) is 6.10 Å². The Bertz CT molecular complexity index is 455. The monoisotopic (exact) mass is 304 g/mol. The lowest BCUT2D eigenvalue weighted by Crippen LogP contribution is -2.40. The number of carbonyl (C=O) groups excluding carboxylic acids is 2. The maximum absolute atomic E-state index is 12.7. The van der Waals surface area contributed by atoms with E-state index in [9.17, 15) is 26.8 Å². The van der Waals surface area contributed by atoms with Crippen LogP contribution in [0.25, 0.3) is 0 Å². The SMILES string of the molecule is O=C(COC(=O)C(F)(F)S(=O)(=O)O)OCC1CCO1. The molecular weight excluding hydrogens is 294 g/mol. The van der Waals surface area contributed by atoms with Crippen LogP contribution in [-0.4, -0.2) is 56.1 Å². The van der Waals surface area contributed by atoms with E-state index in [-0.39, 0.29) is 12.7 Å². The smallest absolute Gasteiger partial charge is 0.460 e. The van der Waals surface area contributed by atoms with E-state index in [2.05, 4.69) is 9.47 Å². The van der Waals surface area contributed by atoms with E-state index in [1.54, 1.807) is 0 Å². The van der Waals surface area contributed by atoms with Crippen LogP contribution in [0.2, 0.25) is 0 Å². The van der Waals surface area contributed by atoms with Gasteiger partial charge in [0.25, 0.3) is 0 Å². The summed E-state index contributed by atoms with van der Waals surface area (Å²) in [7, 11) is -5.95. The lowest BCUT2D eigenvalue weighted by Gasteiger charge is -2.25. The van der Waals surface area contributed by atoms with E-state index in [1.165, 1.54) is 0 Å². The zero-order valence-corrected chi connectivity index (χ0v) is 10.2. The minimum Gasteiger partial charge on any atom is -0.460 e. The Morgan fingerprint density at radius 2 is 1.95 bits per heavy atom. The van der Waals surface area contributed by atoms with Crippen molar-refractivity contribution in [1.82, 2.24) is 0 Å². The fraction of sp³-hybridized carbons (Fsp3) is 0.750. The van der Waals surface area contributed by atoms with Crippen LogP contribution in [0, 0.1) is 0 Å². The molecule has 11 heteroatoms. The first kappa shape index (κ1) is 15.7. The van der Waals surface area contributed by atoms with Crippen LogP contribution in [0.4, 0.5) is 8.78 Å². The van der Waals surface area contributed by atoms with Crippen molar-refractivity contribution in [1.29, 1.82) is 0 Å². The summed E-state index contributed by atoms with van der Waals surface area (Å²) in [5, 5.41) is -5.13. The molecule has 0 aromatic carbocycles. The van der Waals surface area contributed by atoms with Gasteiger partial charge in [-0.05, 0) is 0 Å². The molecule has 0 saturated carbocycles. The van der Waals surface area contributed by atoms with Gasteiger partial charge in [-0.2, -0.15) is 17.2 Å². The summed E-state index contributed by atoms with van der Waals surface area (Å²) >= 11 is 0. The minimum absolute atomic E-state index is 0.120. The highest BCUT2D eigenvalue weighted by Gasteiger charge is 2.54. The fourth-order valence-electron chi connectivity index (χ4n) is 0.957. The van der Waals surface area contributed by atoms with Gasteiger partial charge < -0.3 is 14.2 Å². The zero-order chi connectivity index (χ0) is 14.7. The average Bonchev–Trinajstić information content (AvgIpc) is 2.21. The van der Waals surface area contributed by atoms with Crippen LogP contribution < -0.4 is 0 Å². The van der Waals surface area contributed by atoms with E-state index in [4.69, 9.17) is 9.29 Å². The first-order valence-electron chi connectivity index (χ1n) is 4.94. The van der Waals surface area contributed by atoms with Gasteiger partial charge in [0.1, 0.15) is 6.61 Å². The molecule has 0 amide bonds. The number of ether oxygens (including phenoxy) is 3. The molecule has 0 radical (unpaired) electrons. The summed E-state index contributed by atoms with van der Waals surface area (Å²) in [6.07, 6.45) is 0.396. The third-order valence-corrected chi connectivity index (χ3v) is 2.92. The summed E-state index contributed by atoms with van der Waals surface area (Å²) in [5.41, 5.74) is 0. The molecule has 0 aromatic heterocycles. The van der Waals surface area contributed by atoms with Gasteiger partial charge in [-0.15, -0.1) is 0 Å². The van der Waals surface area contributed by atoms with Crippen molar-refractivity contribution in [3.05, 3.63) is 0 Å². The topological polar surface area (TPSA) is 116 Å². The Balaban J connectivity index is 2.34. The predicted molar refractivity (Wildman–Crippen MR) is 52.8 cm³/mol. The molecule has 0 aliphatic carbocycles. The number of hydrogen-bond donors (Lipinski definition) is 1. The Morgan fingerprint density at radius 3 is 2.37 bits per heavy atom. The molecule has 0 spiro atoms.